The zero-order valence-electron chi connectivity index (χ0n) is 16.9. The molecule has 0 radical (unpaired) electrons. The average Bonchev–Trinajstić information content (AvgIpc) is 2.59. The summed E-state index contributed by atoms with van der Waals surface area (Å²) in [5.74, 6) is -5.33. The minimum Gasteiger partial charge on any atom is -0.481 e. The zero-order valence-corrected chi connectivity index (χ0v) is 16.9. The highest BCUT2D eigenvalue weighted by molar-refractivity contribution is 5.95. The highest BCUT2D eigenvalue weighted by Gasteiger charge is 2.40. The van der Waals surface area contributed by atoms with Gasteiger partial charge in [-0.3, -0.25) is 14.6 Å². The minimum absolute atomic E-state index is 0.0768. The van der Waals surface area contributed by atoms with Gasteiger partial charge in [0.25, 0.3) is 0 Å². The maximum absolute atomic E-state index is 13.8. The van der Waals surface area contributed by atoms with E-state index in [1.807, 2.05) is 6.08 Å². The van der Waals surface area contributed by atoms with Gasteiger partial charge in [-0.05, 0) is 24.0 Å². The molecule has 10 heteroatoms. The summed E-state index contributed by atoms with van der Waals surface area (Å²) in [6, 6.07) is 4.89. The molecule has 0 spiro atoms. The van der Waals surface area contributed by atoms with Gasteiger partial charge in [-0.25, -0.2) is 9.18 Å². The number of hydrogen-bond donors (Lipinski definition) is 5. The first-order valence-corrected chi connectivity index (χ1v) is 9.21. The summed E-state index contributed by atoms with van der Waals surface area (Å²) in [6.07, 6.45) is 2.62. The number of pyridine rings is 1. The second-order valence-corrected chi connectivity index (χ2v) is 8.00. The largest absolute Gasteiger partial charge is 0.481 e. The van der Waals surface area contributed by atoms with Crippen LogP contribution in [0, 0.1) is 11.2 Å². The molecule has 0 atom stereocenters. The van der Waals surface area contributed by atoms with Crippen LogP contribution >= 0.6 is 0 Å². The summed E-state index contributed by atoms with van der Waals surface area (Å²) in [4.78, 5) is 35.0. The minimum atomic E-state index is -2.74. The lowest BCUT2D eigenvalue weighted by molar-refractivity contribution is -0.170. The molecule has 1 aliphatic carbocycles. The molecule has 6 N–H and O–H groups in total. The van der Waals surface area contributed by atoms with E-state index in [4.69, 9.17) is 26.2 Å². The van der Waals surface area contributed by atoms with E-state index in [-0.39, 0.29) is 11.2 Å². The third kappa shape index (κ3) is 5.54. The van der Waals surface area contributed by atoms with Crippen molar-refractivity contribution in [3.63, 3.8) is 0 Å². The van der Waals surface area contributed by atoms with Crippen molar-refractivity contribution < 1.29 is 39.2 Å². The molecule has 31 heavy (non-hydrogen) atoms. The van der Waals surface area contributed by atoms with Crippen molar-refractivity contribution in [1.29, 1.82) is 0 Å². The molecular formula is C21H23FN2O7. The number of hydrogen-bond acceptors (Lipinski definition) is 6. The van der Waals surface area contributed by atoms with Crippen LogP contribution in [0.15, 0.2) is 24.3 Å². The third-order valence-corrected chi connectivity index (χ3v) is 4.73. The van der Waals surface area contributed by atoms with Gasteiger partial charge >= 0.3 is 17.9 Å². The molecule has 3 rings (SSSR count). The number of carboxylic acid groups (broad SMARTS) is 3. The number of anilines is 1. The van der Waals surface area contributed by atoms with Crippen LogP contribution in [0.4, 0.5) is 10.1 Å². The summed E-state index contributed by atoms with van der Waals surface area (Å²) in [5, 5.41) is 34.2. The van der Waals surface area contributed by atoms with Crippen LogP contribution in [0.25, 0.3) is 17.0 Å². The van der Waals surface area contributed by atoms with Gasteiger partial charge in [-0.2, -0.15) is 0 Å². The van der Waals surface area contributed by atoms with E-state index in [0.29, 0.717) is 16.6 Å². The number of rotatable bonds is 5. The lowest BCUT2D eigenvalue weighted by atomic mass is 9.81. The second kappa shape index (κ2) is 8.68. The van der Waals surface area contributed by atoms with E-state index in [2.05, 4.69) is 24.9 Å². The molecule has 1 aromatic carbocycles. The molecule has 0 saturated heterocycles. The first-order chi connectivity index (χ1) is 14.3. The number of carbonyl (C=O) groups is 3. The summed E-state index contributed by atoms with van der Waals surface area (Å²) in [6.45, 7) is 4.31. The Hall–Kier alpha value is -3.53. The lowest BCUT2D eigenvalue weighted by Gasteiger charge is -2.26. The Bertz CT molecular complexity index is 1060. The summed E-state index contributed by atoms with van der Waals surface area (Å²) < 4.78 is 13.8. The molecule has 0 fully saturated rings. The number of nitrogens with zero attached hydrogens (tertiary/aromatic N) is 1. The van der Waals surface area contributed by atoms with Gasteiger partial charge in [0, 0.05) is 5.56 Å². The number of aliphatic carboxylic acids is 3. The fourth-order valence-corrected chi connectivity index (χ4v) is 3.20. The smallest absolute Gasteiger partial charge is 0.336 e. The Morgan fingerprint density at radius 2 is 1.74 bits per heavy atom. The Kier molecular flexibility index (Phi) is 6.65. The standard InChI is InChI=1S/C15H15FN2.C6H8O7/c1-15(2)7-6-9-12(8-15)18-11-5-3-4-10(16)13(11)14(9)17;7-3(8)1-6(13,5(11)12)2-4(9)10/h3-7H,8H2,1-2H3,(H2,17,18);13H,1-2H2,(H,7,8)(H,9,10)(H,11,12). The van der Waals surface area contributed by atoms with Crippen LogP contribution in [-0.4, -0.2) is 48.9 Å². The Balaban J connectivity index is 0.000000235. The van der Waals surface area contributed by atoms with Crippen molar-refractivity contribution >= 4 is 40.6 Å². The number of aromatic nitrogens is 1. The van der Waals surface area contributed by atoms with Crippen LogP contribution < -0.4 is 5.73 Å². The van der Waals surface area contributed by atoms with Gasteiger partial charge in [0.15, 0.2) is 5.60 Å². The summed E-state index contributed by atoms with van der Waals surface area (Å²) in [7, 11) is 0. The number of carboxylic acids is 3. The van der Waals surface area contributed by atoms with Gasteiger partial charge in [0.2, 0.25) is 0 Å². The number of allylic oxidation sites excluding steroid dienone is 1. The SMILES string of the molecule is CC1(C)C=Cc2c(nc3cccc(F)c3c2N)C1.O=C(O)CC(O)(CC(=O)O)C(=O)O. The van der Waals surface area contributed by atoms with E-state index in [0.717, 1.165) is 17.7 Å². The van der Waals surface area contributed by atoms with E-state index in [1.54, 1.807) is 12.1 Å². The molecule has 0 aliphatic heterocycles. The number of fused-ring (bicyclic) bond motifs is 2. The Morgan fingerprint density at radius 1 is 1.16 bits per heavy atom. The van der Waals surface area contributed by atoms with Crippen LogP contribution in [0.2, 0.25) is 0 Å². The molecule has 1 aromatic heterocycles. The zero-order chi connectivity index (χ0) is 23.6. The first kappa shape index (κ1) is 23.7. The van der Waals surface area contributed by atoms with E-state index in [1.165, 1.54) is 6.07 Å². The van der Waals surface area contributed by atoms with E-state index >= 15 is 0 Å². The van der Waals surface area contributed by atoms with Crippen molar-refractivity contribution in [3.8, 4) is 0 Å². The molecule has 166 valence electrons. The Labute approximate surface area is 176 Å². The topological polar surface area (TPSA) is 171 Å². The average molecular weight is 434 g/mol. The molecule has 9 nitrogen and oxygen atoms in total. The molecule has 1 heterocycles. The molecule has 1 aliphatic rings. The van der Waals surface area contributed by atoms with Gasteiger partial charge < -0.3 is 26.2 Å². The third-order valence-electron chi connectivity index (χ3n) is 4.73. The quantitative estimate of drug-likeness (QED) is 0.473. The van der Waals surface area contributed by atoms with Crippen molar-refractivity contribution in [2.75, 3.05) is 5.73 Å². The molecule has 2 aromatic rings. The lowest BCUT2D eigenvalue weighted by Crippen LogP contribution is -2.42. The van der Waals surface area contributed by atoms with Crippen molar-refractivity contribution in [1.82, 2.24) is 4.98 Å². The van der Waals surface area contributed by atoms with Crippen LogP contribution in [0.5, 0.6) is 0 Å². The predicted molar refractivity (Wildman–Crippen MR) is 110 cm³/mol. The second-order valence-electron chi connectivity index (χ2n) is 8.00. The van der Waals surface area contributed by atoms with Crippen LogP contribution in [-0.2, 0) is 20.8 Å². The van der Waals surface area contributed by atoms with Gasteiger partial charge in [0.1, 0.15) is 5.82 Å². The highest BCUT2D eigenvalue weighted by atomic mass is 19.1. The number of nitrogen functional groups attached to an aromatic ring is 1. The van der Waals surface area contributed by atoms with Gasteiger partial charge in [-0.1, -0.05) is 32.1 Å². The van der Waals surface area contributed by atoms with Gasteiger partial charge in [0.05, 0.1) is 35.1 Å². The van der Waals surface area contributed by atoms with Crippen molar-refractivity contribution in [2.45, 2.75) is 38.7 Å². The number of aliphatic hydroxyl groups is 1. The maximum Gasteiger partial charge on any atom is 0.336 e. The van der Waals surface area contributed by atoms with Crippen LogP contribution in [0.1, 0.15) is 37.9 Å². The number of halogens is 1. The number of nitrogens with two attached hydrogens (primary N) is 1. The molecule has 0 unspecified atom stereocenters. The van der Waals surface area contributed by atoms with Crippen molar-refractivity contribution in [2.24, 2.45) is 5.41 Å². The Morgan fingerprint density at radius 3 is 2.26 bits per heavy atom. The summed E-state index contributed by atoms with van der Waals surface area (Å²) >= 11 is 0. The fourth-order valence-electron chi connectivity index (χ4n) is 3.20. The highest BCUT2D eigenvalue weighted by Crippen LogP contribution is 2.36. The normalized spacial score (nSPS) is 14.3. The predicted octanol–water partition coefficient (Wildman–Crippen LogP) is 2.30. The van der Waals surface area contributed by atoms with Gasteiger partial charge in [-0.15, -0.1) is 0 Å². The van der Waals surface area contributed by atoms with E-state index in [9.17, 15) is 18.8 Å². The molecule has 0 bridgehead atoms. The monoisotopic (exact) mass is 434 g/mol. The van der Waals surface area contributed by atoms with E-state index < -0.39 is 36.4 Å². The number of benzene rings is 1. The van der Waals surface area contributed by atoms with Crippen LogP contribution in [0.3, 0.4) is 0 Å². The fraction of sp³-hybridized carbons (Fsp3) is 0.333. The first-order valence-electron chi connectivity index (χ1n) is 9.21. The summed E-state index contributed by atoms with van der Waals surface area (Å²) in [5.41, 5.74) is 6.40. The maximum atomic E-state index is 13.8. The molecule has 0 amide bonds. The molecule has 0 saturated carbocycles. The molecular weight excluding hydrogens is 411 g/mol. The van der Waals surface area contributed by atoms with Crippen molar-refractivity contribution in [3.05, 3.63) is 41.3 Å².